The van der Waals surface area contributed by atoms with E-state index in [0.29, 0.717) is 18.0 Å². The number of ketones is 1. The molecule has 1 aromatic carbocycles. The van der Waals surface area contributed by atoms with E-state index in [-0.39, 0.29) is 10.7 Å². The lowest BCUT2D eigenvalue weighted by molar-refractivity contribution is 0.101. The maximum atomic E-state index is 12.0. The van der Waals surface area contributed by atoms with Gasteiger partial charge in [0.25, 0.3) is 0 Å². The number of hydrogen-bond donors (Lipinski definition) is 1. The summed E-state index contributed by atoms with van der Waals surface area (Å²) in [5.41, 5.74) is 0.521. The third kappa shape index (κ3) is 2.97. The van der Waals surface area contributed by atoms with Crippen molar-refractivity contribution in [1.29, 1.82) is 0 Å². The molecule has 1 aromatic rings. The lowest BCUT2D eigenvalue weighted by atomic mass is 9.86. The van der Waals surface area contributed by atoms with Gasteiger partial charge in [-0.05, 0) is 37.8 Å². The highest BCUT2D eigenvalue weighted by Gasteiger charge is 2.21. The first-order chi connectivity index (χ1) is 8.49. The second kappa shape index (κ2) is 5.20. The highest BCUT2D eigenvalue weighted by molar-refractivity contribution is 7.89. The Balaban J connectivity index is 2.06. The molecule has 4 nitrogen and oxygen atoms in total. The van der Waals surface area contributed by atoms with Crippen molar-refractivity contribution in [3.8, 4) is 0 Å². The van der Waals surface area contributed by atoms with Gasteiger partial charge in [-0.2, -0.15) is 0 Å². The average molecular weight is 267 g/mol. The van der Waals surface area contributed by atoms with Gasteiger partial charge in [0, 0.05) is 12.1 Å². The predicted molar refractivity (Wildman–Crippen MR) is 69.0 cm³/mol. The van der Waals surface area contributed by atoms with Gasteiger partial charge in [-0.15, -0.1) is 0 Å². The number of nitrogens with one attached hydrogen (secondary N) is 1. The number of rotatable bonds is 5. The molecule has 5 heteroatoms. The Hall–Kier alpha value is -1.20. The fraction of sp³-hybridized carbons (Fsp3) is 0.462. The normalized spacial score (nSPS) is 16.3. The zero-order valence-corrected chi connectivity index (χ0v) is 11.2. The zero-order valence-electron chi connectivity index (χ0n) is 10.3. The van der Waals surface area contributed by atoms with Gasteiger partial charge in [0.1, 0.15) is 0 Å². The van der Waals surface area contributed by atoms with Crippen LogP contribution in [0, 0.1) is 5.92 Å². The van der Waals surface area contributed by atoms with Gasteiger partial charge in [0.05, 0.1) is 4.90 Å². The first-order valence-corrected chi connectivity index (χ1v) is 7.58. The number of carbonyl (C=O) groups excluding carboxylic acids is 1. The van der Waals surface area contributed by atoms with E-state index in [4.69, 9.17) is 0 Å². The summed E-state index contributed by atoms with van der Waals surface area (Å²) in [6.07, 6.45) is 3.40. The summed E-state index contributed by atoms with van der Waals surface area (Å²) in [4.78, 5) is 11.3. The summed E-state index contributed by atoms with van der Waals surface area (Å²) in [5, 5.41) is 0. The third-order valence-electron chi connectivity index (χ3n) is 3.36. The molecule has 0 atom stereocenters. The van der Waals surface area contributed by atoms with Gasteiger partial charge in [0.15, 0.2) is 5.78 Å². The standard InChI is InChI=1S/C13H17NO3S/c1-10(15)12-5-7-13(8-6-12)18(16,17)14-9-11-3-2-4-11/h5-8,11,14H,2-4,9H2,1H3. The number of hydrogen-bond acceptors (Lipinski definition) is 3. The topological polar surface area (TPSA) is 63.2 Å². The number of carbonyl (C=O) groups is 1. The Morgan fingerprint density at radius 3 is 2.33 bits per heavy atom. The summed E-state index contributed by atoms with van der Waals surface area (Å²) in [6.45, 7) is 1.97. The van der Waals surface area contributed by atoms with E-state index < -0.39 is 10.0 Å². The van der Waals surface area contributed by atoms with Gasteiger partial charge in [-0.3, -0.25) is 4.79 Å². The predicted octanol–water partition coefficient (Wildman–Crippen LogP) is 1.97. The maximum absolute atomic E-state index is 12.0. The Kier molecular flexibility index (Phi) is 3.82. The highest BCUT2D eigenvalue weighted by Crippen LogP contribution is 2.25. The SMILES string of the molecule is CC(=O)c1ccc(S(=O)(=O)NCC2CCC2)cc1. The van der Waals surface area contributed by atoms with E-state index >= 15 is 0 Å². The van der Waals surface area contributed by atoms with Crippen molar-refractivity contribution < 1.29 is 13.2 Å². The van der Waals surface area contributed by atoms with Crippen LogP contribution in [0.4, 0.5) is 0 Å². The summed E-state index contributed by atoms with van der Waals surface area (Å²) >= 11 is 0. The van der Waals surface area contributed by atoms with Crippen LogP contribution in [0.15, 0.2) is 29.2 Å². The molecular formula is C13H17NO3S. The minimum absolute atomic E-state index is 0.0682. The first-order valence-electron chi connectivity index (χ1n) is 6.10. The van der Waals surface area contributed by atoms with Crippen molar-refractivity contribution >= 4 is 15.8 Å². The first kappa shape index (κ1) is 13.2. The molecule has 1 saturated carbocycles. The monoisotopic (exact) mass is 267 g/mol. The molecule has 1 fully saturated rings. The second-order valence-electron chi connectivity index (χ2n) is 4.73. The lowest BCUT2D eigenvalue weighted by Gasteiger charge is -2.25. The maximum Gasteiger partial charge on any atom is 0.240 e. The lowest BCUT2D eigenvalue weighted by Crippen LogP contribution is -2.32. The Morgan fingerprint density at radius 2 is 1.89 bits per heavy atom. The molecule has 0 bridgehead atoms. The highest BCUT2D eigenvalue weighted by atomic mass is 32.2. The van der Waals surface area contributed by atoms with Gasteiger partial charge >= 0.3 is 0 Å². The number of benzene rings is 1. The van der Waals surface area contributed by atoms with Gasteiger partial charge < -0.3 is 0 Å². The second-order valence-corrected chi connectivity index (χ2v) is 6.50. The van der Waals surface area contributed by atoms with Gasteiger partial charge in [-0.25, -0.2) is 13.1 Å². The van der Waals surface area contributed by atoms with Crippen LogP contribution in [0.1, 0.15) is 36.5 Å². The molecule has 0 saturated heterocycles. The summed E-state index contributed by atoms with van der Waals surface area (Å²) < 4.78 is 26.5. The van der Waals surface area contributed by atoms with E-state index in [1.165, 1.54) is 25.5 Å². The van der Waals surface area contributed by atoms with Crippen LogP contribution in [-0.2, 0) is 10.0 Å². The molecule has 98 valence electrons. The molecule has 0 spiro atoms. The van der Waals surface area contributed by atoms with E-state index in [0.717, 1.165) is 12.8 Å². The largest absolute Gasteiger partial charge is 0.295 e. The molecule has 0 unspecified atom stereocenters. The van der Waals surface area contributed by atoms with E-state index in [1.54, 1.807) is 12.1 Å². The van der Waals surface area contributed by atoms with Crippen LogP contribution in [0.2, 0.25) is 0 Å². The Bertz CT molecular complexity index is 530. The number of Topliss-reactive ketones (excluding diaryl/α,β-unsaturated/α-hetero) is 1. The molecule has 0 aliphatic heterocycles. The smallest absolute Gasteiger partial charge is 0.240 e. The van der Waals surface area contributed by atoms with Crippen molar-refractivity contribution in [2.24, 2.45) is 5.92 Å². The van der Waals surface area contributed by atoms with Crippen LogP contribution in [0.25, 0.3) is 0 Å². The molecular weight excluding hydrogens is 250 g/mol. The van der Waals surface area contributed by atoms with Crippen molar-refractivity contribution in [2.75, 3.05) is 6.54 Å². The molecule has 2 rings (SSSR count). The molecule has 0 heterocycles. The van der Waals surface area contributed by atoms with E-state index in [9.17, 15) is 13.2 Å². The molecule has 0 radical (unpaired) electrons. The fourth-order valence-electron chi connectivity index (χ4n) is 1.88. The summed E-state index contributed by atoms with van der Waals surface area (Å²) in [5.74, 6) is 0.414. The van der Waals surface area contributed by atoms with Gasteiger partial charge in [-0.1, -0.05) is 18.6 Å². The van der Waals surface area contributed by atoms with Crippen LogP contribution >= 0.6 is 0 Å². The van der Waals surface area contributed by atoms with E-state index in [2.05, 4.69) is 4.72 Å². The van der Waals surface area contributed by atoms with Crippen molar-refractivity contribution in [2.45, 2.75) is 31.1 Å². The zero-order chi connectivity index (χ0) is 13.2. The van der Waals surface area contributed by atoms with Crippen molar-refractivity contribution in [3.05, 3.63) is 29.8 Å². The van der Waals surface area contributed by atoms with Crippen LogP contribution < -0.4 is 4.72 Å². The molecule has 1 aliphatic rings. The van der Waals surface area contributed by atoms with Crippen molar-refractivity contribution in [3.63, 3.8) is 0 Å². The van der Waals surface area contributed by atoms with E-state index in [1.807, 2.05) is 0 Å². The Labute approximate surface area is 107 Å². The average Bonchev–Trinajstić information content (AvgIpc) is 2.27. The fourth-order valence-corrected chi connectivity index (χ4v) is 2.99. The van der Waals surface area contributed by atoms with Gasteiger partial charge in [0.2, 0.25) is 10.0 Å². The summed E-state index contributed by atoms with van der Waals surface area (Å²) in [7, 11) is -3.44. The molecule has 0 amide bonds. The molecule has 1 aliphatic carbocycles. The van der Waals surface area contributed by atoms with Crippen molar-refractivity contribution in [1.82, 2.24) is 4.72 Å². The Morgan fingerprint density at radius 1 is 1.28 bits per heavy atom. The molecule has 0 aromatic heterocycles. The van der Waals surface area contributed by atoms with Crippen LogP contribution in [0.3, 0.4) is 0 Å². The summed E-state index contributed by atoms with van der Waals surface area (Å²) in [6, 6.07) is 6.03. The van der Waals surface area contributed by atoms with Crippen LogP contribution in [-0.4, -0.2) is 20.7 Å². The number of sulfonamides is 1. The minimum Gasteiger partial charge on any atom is -0.295 e. The third-order valence-corrected chi connectivity index (χ3v) is 4.80. The molecule has 1 N–H and O–H groups in total. The molecule has 18 heavy (non-hydrogen) atoms. The van der Waals surface area contributed by atoms with Crippen LogP contribution in [0.5, 0.6) is 0 Å². The minimum atomic E-state index is -3.44. The quantitative estimate of drug-likeness (QED) is 0.830.